The Bertz CT molecular complexity index is 501. The van der Waals surface area contributed by atoms with E-state index in [0.717, 1.165) is 18.7 Å². The largest absolute Gasteiger partial charge is 0.493 e. The highest BCUT2D eigenvalue weighted by Gasteiger charge is 2.30. The van der Waals surface area contributed by atoms with Gasteiger partial charge < -0.3 is 19.1 Å². The molecule has 1 aromatic rings. The zero-order valence-electron chi connectivity index (χ0n) is 13.1. The zero-order chi connectivity index (χ0) is 15.4. The van der Waals surface area contributed by atoms with Crippen molar-refractivity contribution in [3.63, 3.8) is 0 Å². The summed E-state index contributed by atoms with van der Waals surface area (Å²) in [4.78, 5) is 14.1. The van der Waals surface area contributed by atoms with E-state index in [9.17, 15) is 4.79 Å². The van der Waals surface area contributed by atoms with Crippen molar-refractivity contribution in [3.8, 4) is 11.5 Å². The first-order valence-electron chi connectivity index (χ1n) is 7.22. The Balaban J connectivity index is 2.06. The Morgan fingerprint density at radius 2 is 1.95 bits per heavy atom. The molecule has 1 saturated heterocycles. The van der Waals surface area contributed by atoms with Crippen molar-refractivity contribution in [1.82, 2.24) is 0 Å². The van der Waals surface area contributed by atoms with E-state index >= 15 is 0 Å². The van der Waals surface area contributed by atoms with Gasteiger partial charge >= 0.3 is 5.97 Å². The molecule has 0 amide bonds. The highest BCUT2D eigenvalue weighted by Crippen LogP contribution is 2.33. The van der Waals surface area contributed by atoms with Gasteiger partial charge in [-0.25, -0.2) is 0 Å². The topological polar surface area (TPSA) is 48.0 Å². The quantitative estimate of drug-likeness (QED) is 0.781. The fourth-order valence-corrected chi connectivity index (χ4v) is 2.54. The molecule has 2 rings (SSSR count). The summed E-state index contributed by atoms with van der Waals surface area (Å²) in [6.07, 6.45) is 0.757. The maximum absolute atomic E-state index is 12.0. The number of carbonyl (C=O) groups excluding carboxylic acids is 1. The van der Waals surface area contributed by atoms with Gasteiger partial charge in [-0.3, -0.25) is 4.79 Å². The Hall–Kier alpha value is -1.91. The monoisotopic (exact) mass is 293 g/mol. The molecule has 1 fully saturated rings. The number of anilines is 1. The molecular weight excluding hydrogens is 270 g/mol. The average molecular weight is 293 g/mol. The van der Waals surface area contributed by atoms with Gasteiger partial charge in [-0.05, 0) is 32.4 Å². The lowest BCUT2D eigenvalue weighted by atomic mass is 10.1. The number of nitrogens with zero attached hydrogens (tertiary/aromatic N) is 1. The second kappa shape index (κ2) is 6.70. The molecule has 21 heavy (non-hydrogen) atoms. The van der Waals surface area contributed by atoms with Crippen LogP contribution in [0.1, 0.15) is 20.3 Å². The summed E-state index contributed by atoms with van der Waals surface area (Å²) in [5.41, 5.74) is 1.03. The summed E-state index contributed by atoms with van der Waals surface area (Å²) in [7, 11) is 3.24. The first-order valence-corrected chi connectivity index (χ1v) is 7.22. The Labute approximate surface area is 125 Å². The summed E-state index contributed by atoms with van der Waals surface area (Å²) in [5.74, 6) is 1.24. The van der Waals surface area contributed by atoms with E-state index in [2.05, 4.69) is 4.90 Å². The SMILES string of the molecule is COc1ccc(N2CCC(C(=O)OC(C)C)C2)cc1OC. The number of methoxy groups -OCH3 is 2. The fraction of sp³-hybridized carbons (Fsp3) is 0.562. The van der Waals surface area contributed by atoms with Crippen LogP contribution in [-0.2, 0) is 9.53 Å². The van der Waals surface area contributed by atoms with Crippen molar-refractivity contribution in [3.05, 3.63) is 18.2 Å². The van der Waals surface area contributed by atoms with Crippen molar-refractivity contribution in [2.24, 2.45) is 5.92 Å². The van der Waals surface area contributed by atoms with Crippen LogP contribution >= 0.6 is 0 Å². The normalized spacial score (nSPS) is 18.0. The van der Waals surface area contributed by atoms with E-state index in [1.807, 2.05) is 32.0 Å². The maximum Gasteiger partial charge on any atom is 0.311 e. The lowest BCUT2D eigenvalue weighted by molar-refractivity contribution is -0.151. The van der Waals surface area contributed by atoms with Crippen molar-refractivity contribution in [2.75, 3.05) is 32.2 Å². The van der Waals surface area contributed by atoms with Gasteiger partial charge in [0.15, 0.2) is 11.5 Å². The van der Waals surface area contributed by atoms with Gasteiger partial charge in [-0.2, -0.15) is 0 Å². The van der Waals surface area contributed by atoms with Crippen LogP contribution in [-0.4, -0.2) is 39.4 Å². The number of hydrogen-bond acceptors (Lipinski definition) is 5. The molecule has 0 saturated carbocycles. The molecule has 1 aliphatic heterocycles. The number of ether oxygens (including phenoxy) is 3. The van der Waals surface area contributed by atoms with Gasteiger partial charge in [-0.15, -0.1) is 0 Å². The second-order valence-corrected chi connectivity index (χ2v) is 5.46. The van der Waals surface area contributed by atoms with Gasteiger partial charge in [0.1, 0.15) is 0 Å². The molecule has 1 aromatic carbocycles. The molecule has 0 spiro atoms. The lowest BCUT2D eigenvalue weighted by Gasteiger charge is -2.20. The molecule has 0 aromatic heterocycles. The van der Waals surface area contributed by atoms with Gasteiger partial charge in [0.2, 0.25) is 0 Å². The van der Waals surface area contributed by atoms with Crippen LogP contribution in [0.15, 0.2) is 18.2 Å². The second-order valence-electron chi connectivity index (χ2n) is 5.46. The molecule has 1 heterocycles. The summed E-state index contributed by atoms with van der Waals surface area (Å²) >= 11 is 0. The fourth-order valence-electron chi connectivity index (χ4n) is 2.54. The summed E-state index contributed by atoms with van der Waals surface area (Å²) in [6, 6.07) is 5.81. The zero-order valence-corrected chi connectivity index (χ0v) is 13.1. The molecule has 0 aliphatic carbocycles. The number of hydrogen-bond donors (Lipinski definition) is 0. The minimum Gasteiger partial charge on any atom is -0.493 e. The number of rotatable bonds is 5. The predicted octanol–water partition coefficient (Wildman–Crippen LogP) is 2.48. The smallest absolute Gasteiger partial charge is 0.311 e. The number of esters is 1. The molecular formula is C16H23NO4. The third-order valence-corrected chi connectivity index (χ3v) is 3.61. The van der Waals surface area contributed by atoms with Crippen LogP contribution in [0.25, 0.3) is 0 Å². The van der Waals surface area contributed by atoms with E-state index in [-0.39, 0.29) is 18.0 Å². The Morgan fingerprint density at radius 3 is 2.57 bits per heavy atom. The molecule has 0 N–H and O–H groups in total. The van der Waals surface area contributed by atoms with Crippen LogP contribution in [0.3, 0.4) is 0 Å². The maximum atomic E-state index is 12.0. The van der Waals surface area contributed by atoms with Crippen molar-refractivity contribution in [2.45, 2.75) is 26.4 Å². The van der Waals surface area contributed by atoms with Gasteiger partial charge in [0.25, 0.3) is 0 Å². The molecule has 1 atom stereocenters. The van der Waals surface area contributed by atoms with Gasteiger partial charge in [0, 0.05) is 24.8 Å². The summed E-state index contributed by atoms with van der Waals surface area (Å²) in [5, 5.41) is 0. The standard InChI is InChI=1S/C16H23NO4/c1-11(2)21-16(18)12-7-8-17(10-12)13-5-6-14(19-3)15(9-13)20-4/h5-6,9,11-12H,7-8,10H2,1-4H3. The van der Waals surface area contributed by atoms with Crippen molar-refractivity contribution in [1.29, 1.82) is 0 Å². The summed E-state index contributed by atoms with van der Waals surface area (Å²) < 4.78 is 15.8. The molecule has 0 radical (unpaired) electrons. The third kappa shape index (κ3) is 3.60. The van der Waals surface area contributed by atoms with Crippen molar-refractivity contribution >= 4 is 11.7 Å². The van der Waals surface area contributed by atoms with Crippen LogP contribution in [0.5, 0.6) is 11.5 Å². The predicted molar refractivity (Wildman–Crippen MR) is 81.1 cm³/mol. The lowest BCUT2D eigenvalue weighted by Crippen LogP contribution is -2.25. The third-order valence-electron chi connectivity index (χ3n) is 3.61. The molecule has 5 heteroatoms. The van der Waals surface area contributed by atoms with Crippen molar-refractivity contribution < 1.29 is 19.0 Å². The van der Waals surface area contributed by atoms with Crippen LogP contribution in [0, 0.1) is 5.92 Å². The van der Waals surface area contributed by atoms with Crippen LogP contribution in [0.4, 0.5) is 5.69 Å². The van der Waals surface area contributed by atoms with Gasteiger partial charge in [-0.1, -0.05) is 0 Å². The minimum absolute atomic E-state index is 0.0551. The van der Waals surface area contributed by atoms with Crippen LogP contribution < -0.4 is 14.4 Å². The minimum atomic E-state index is -0.104. The Morgan fingerprint density at radius 1 is 1.24 bits per heavy atom. The molecule has 1 unspecified atom stereocenters. The van der Waals surface area contributed by atoms with E-state index < -0.39 is 0 Å². The summed E-state index contributed by atoms with van der Waals surface area (Å²) in [6.45, 7) is 5.27. The Kier molecular flexibility index (Phi) is 4.94. The van der Waals surface area contributed by atoms with Gasteiger partial charge in [0.05, 0.1) is 26.2 Å². The van der Waals surface area contributed by atoms with E-state index in [0.29, 0.717) is 18.0 Å². The molecule has 116 valence electrons. The highest BCUT2D eigenvalue weighted by atomic mass is 16.5. The van der Waals surface area contributed by atoms with Crippen LogP contribution in [0.2, 0.25) is 0 Å². The average Bonchev–Trinajstić information content (AvgIpc) is 2.95. The molecule has 0 bridgehead atoms. The molecule has 5 nitrogen and oxygen atoms in total. The van der Waals surface area contributed by atoms with E-state index in [1.165, 1.54) is 0 Å². The number of benzene rings is 1. The van der Waals surface area contributed by atoms with E-state index in [4.69, 9.17) is 14.2 Å². The first kappa shape index (κ1) is 15.5. The highest BCUT2D eigenvalue weighted by molar-refractivity contribution is 5.74. The number of carbonyl (C=O) groups is 1. The molecule has 1 aliphatic rings. The van der Waals surface area contributed by atoms with E-state index in [1.54, 1.807) is 14.2 Å². The first-order chi connectivity index (χ1) is 10.0.